The summed E-state index contributed by atoms with van der Waals surface area (Å²) in [4.78, 5) is 43.1. The average Bonchev–Trinajstić information content (AvgIpc) is 3.67. The third-order valence-corrected chi connectivity index (χ3v) is 6.99. The standard InChI is InChI=1S/C29H37N5O6/c1-17-23(27(35)33-19-10-12-34(13-11-19)40-28(36)39-29(2,3)4)25-26(32-17)24(30-16-31-25)21-14-20(37-5)8-9-22(21)38-15-18-6-7-18/h8-9,14,16,18-19,32H,6-7,10-13,15H2,1-5H3,(H,33,35). The number of nitrogens with one attached hydrogen (secondary N) is 2. The van der Waals surface area contributed by atoms with E-state index in [1.807, 2.05) is 25.1 Å². The Hall–Kier alpha value is -3.86. The van der Waals surface area contributed by atoms with E-state index in [0.29, 0.717) is 77.9 Å². The molecule has 2 aromatic heterocycles. The van der Waals surface area contributed by atoms with Crippen molar-refractivity contribution in [2.45, 2.75) is 65.0 Å². The molecule has 1 aliphatic carbocycles. The predicted molar refractivity (Wildman–Crippen MR) is 148 cm³/mol. The summed E-state index contributed by atoms with van der Waals surface area (Å²) < 4.78 is 16.8. The molecule has 0 unspecified atom stereocenters. The zero-order valence-electron chi connectivity index (χ0n) is 23.7. The molecule has 0 bridgehead atoms. The van der Waals surface area contributed by atoms with Gasteiger partial charge in [-0.25, -0.2) is 14.8 Å². The van der Waals surface area contributed by atoms with E-state index in [-0.39, 0.29) is 11.9 Å². The topological polar surface area (TPSA) is 128 Å². The van der Waals surface area contributed by atoms with E-state index < -0.39 is 11.8 Å². The van der Waals surface area contributed by atoms with Gasteiger partial charge in [0.2, 0.25) is 0 Å². The van der Waals surface area contributed by atoms with Crippen molar-refractivity contribution in [3.63, 3.8) is 0 Å². The van der Waals surface area contributed by atoms with Crippen LogP contribution in [0.5, 0.6) is 11.5 Å². The number of rotatable bonds is 8. The number of amides is 1. The Morgan fingerprint density at radius 3 is 2.55 bits per heavy atom. The predicted octanol–water partition coefficient (Wildman–Crippen LogP) is 4.79. The van der Waals surface area contributed by atoms with Crippen LogP contribution >= 0.6 is 0 Å². The van der Waals surface area contributed by atoms with E-state index in [9.17, 15) is 9.59 Å². The van der Waals surface area contributed by atoms with Crippen molar-refractivity contribution in [3.05, 3.63) is 35.8 Å². The number of ether oxygens (including phenoxy) is 3. The number of hydrogen-bond acceptors (Lipinski definition) is 9. The molecule has 3 aromatic rings. The fourth-order valence-corrected chi connectivity index (χ4v) is 4.77. The number of hydrogen-bond donors (Lipinski definition) is 2. The van der Waals surface area contributed by atoms with Crippen LogP contribution in [0.15, 0.2) is 24.5 Å². The lowest BCUT2D eigenvalue weighted by Gasteiger charge is -2.31. The summed E-state index contributed by atoms with van der Waals surface area (Å²) in [6.07, 6.45) is 4.37. The SMILES string of the molecule is COc1ccc(OCC2CC2)c(-c2ncnc3c(C(=O)NC4CCN(OC(=O)OC(C)(C)C)CC4)c(C)[nH]c23)c1. The molecule has 0 spiro atoms. The molecule has 2 aliphatic rings. The molecular weight excluding hydrogens is 514 g/mol. The Balaban J connectivity index is 1.31. The number of carbonyl (C=O) groups excluding carboxylic acids is 2. The first-order chi connectivity index (χ1) is 19.1. The zero-order valence-corrected chi connectivity index (χ0v) is 23.7. The number of nitrogens with zero attached hydrogens (tertiary/aromatic N) is 3. The van der Waals surface area contributed by atoms with Crippen LogP contribution in [0.2, 0.25) is 0 Å². The first-order valence-electron chi connectivity index (χ1n) is 13.7. The van der Waals surface area contributed by atoms with Gasteiger partial charge in [-0.3, -0.25) is 4.79 Å². The molecule has 5 rings (SSSR count). The Kier molecular flexibility index (Phi) is 7.84. The van der Waals surface area contributed by atoms with Gasteiger partial charge in [0.15, 0.2) is 0 Å². The van der Waals surface area contributed by atoms with E-state index >= 15 is 0 Å². The lowest BCUT2D eigenvalue weighted by atomic mass is 10.0. The summed E-state index contributed by atoms with van der Waals surface area (Å²) >= 11 is 0. The maximum atomic E-state index is 13.5. The Labute approximate surface area is 233 Å². The van der Waals surface area contributed by atoms with Gasteiger partial charge in [-0.2, -0.15) is 0 Å². The third-order valence-electron chi connectivity index (χ3n) is 6.99. The van der Waals surface area contributed by atoms with Crippen molar-refractivity contribution in [2.24, 2.45) is 5.92 Å². The Morgan fingerprint density at radius 2 is 1.88 bits per heavy atom. The number of H-pyrrole nitrogens is 1. The van der Waals surface area contributed by atoms with Gasteiger partial charge in [0.1, 0.15) is 34.6 Å². The van der Waals surface area contributed by atoms with Gasteiger partial charge in [0.05, 0.1) is 24.8 Å². The fraction of sp³-hybridized carbons (Fsp3) is 0.517. The van der Waals surface area contributed by atoms with E-state index in [1.54, 1.807) is 32.9 Å². The molecule has 3 heterocycles. The molecule has 11 heteroatoms. The highest BCUT2D eigenvalue weighted by Crippen LogP contribution is 2.38. The van der Waals surface area contributed by atoms with Crippen LogP contribution in [0.1, 0.15) is 62.5 Å². The summed E-state index contributed by atoms with van der Waals surface area (Å²) in [5, 5.41) is 4.71. The van der Waals surface area contributed by atoms with Crippen LogP contribution in [0.3, 0.4) is 0 Å². The molecule has 2 N–H and O–H groups in total. The lowest BCUT2D eigenvalue weighted by molar-refractivity contribution is -0.152. The van der Waals surface area contributed by atoms with Crippen molar-refractivity contribution in [3.8, 4) is 22.8 Å². The van der Waals surface area contributed by atoms with Crippen molar-refractivity contribution >= 4 is 23.1 Å². The highest BCUT2D eigenvalue weighted by atomic mass is 16.8. The van der Waals surface area contributed by atoms with Crippen LogP contribution in [0.25, 0.3) is 22.3 Å². The molecule has 11 nitrogen and oxygen atoms in total. The van der Waals surface area contributed by atoms with Gasteiger partial charge in [-0.05, 0) is 77.5 Å². The van der Waals surface area contributed by atoms with Crippen LogP contribution in [0, 0.1) is 12.8 Å². The van der Waals surface area contributed by atoms with Gasteiger partial charge >= 0.3 is 6.16 Å². The Morgan fingerprint density at radius 1 is 1.12 bits per heavy atom. The second-order valence-corrected chi connectivity index (χ2v) is 11.4. The third kappa shape index (κ3) is 6.47. The minimum Gasteiger partial charge on any atom is -0.497 e. The quantitative estimate of drug-likeness (QED) is 0.380. The second kappa shape index (κ2) is 11.3. The van der Waals surface area contributed by atoms with Gasteiger partial charge in [-0.1, -0.05) is 0 Å². The van der Waals surface area contributed by atoms with Crippen LogP contribution in [-0.2, 0) is 9.57 Å². The molecule has 214 valence electrons. The first kappa shape index (κ1) is 27.7. The molecule has 1 aliphatic heterocycles. The minimum atomic E-state index is -0.725. The number of aromatic amines is 1. The highest BCUT2D eigenvalue weighted by molar-refractivity contribution is 6.09. The maximum absolute atomic E-state index is 13.5. The Bertz CT molecular complexity index is 1390. The molecule has 1 amide bonds. The molecular formula is C29H37N5O6. The molecule has 2 fully saturated rings. The smallest absolute Gasteiger partial charge is 0.497 e. The van der Waals surface area contributed by atoms with Crippen molar-refractivity contribution < 1.29 is 28.6 Å². The summed E-state index contributed by atoms with van der Waals surface area (Å²) in [6.45, 7) is 8.85. The molecule has 0 atom stereocenters. The summed E-state index contributed by atoms with van der Waals surface area (Å²) in [5.74, 6) is 1.78. The molecule has 1 saturated carbocycles. The number of aryl methyl sites for hydroxylation is 1. The number of piperidine rings is 1. The van der Waals surface area contributed by atoms with E-state index in [4.69, 9.17) is 19.0 Å². The normalized spacial score (nSPS) is 16.5. The monoisotopic (exact) mass is 551 g/mol. The van der Waals surface area contributed by atoms with Crippen molar-refractivity contribution in [1.82, 2.24) is 25.3 Å². The zero-order chi connectivity index (χ0) is 28.4. The average molecular weight is 552 g/mol. The van der Waals surface area contributed by atoms with Crippen LogP contribution in [0.4, 0.5) is 4.79 Å². The molecule has 1 saturated heterocycles. The van der Waals surface area contributed by atoms with Gasteiger partial charge in [0, 0.05) is 30.4 Å². The number of methoxy groups -OCH3 is 1. The molecule has 40 heavy (non-hydrogen) atoms. The number of aromatic nitrogens is 3. The van der Waals surface area contributed by atoms with Crippen LogP contribution in [-0.4, -0.2) is 70.5 Å². The van der Waals surface area contributed by atoms with Gasteiger partial charge in [-0.15, -0.1) is 5.06 Å². The number of carbonyl (C=O) groups is 2. The van der Waals surface area contributed by atoms with Gasteiger partial charge in [0.25, 0.3) is 5.91 Å². The van der Waals surface area contributed by atoms with E-state index in [0.717, 1.165) is 5.56 Å². The van der Waals surface area contributed by atoms with E-state index in [2.05, 4.69) is 20.3 Å². The first-order valence-corrected chi connectivity index (χ1v) is 13.7. The number of fused-ring (bicyclic) bond motifs is 1. The van der Waals surface area contributed by atoms with Crippen molar-refractivity contribution in [2.75, 3.05) is 26.8 Å². The molecule has 0 radical (unpaired) electrons. The lowest BCUT2D eigenvalue weighted by Crippen LogP contribution is -2.45. The highest BCUT2D eigenvalue weighted by Gasteiger charge is 2.28. The van der Waals surface area contributed by atoms with Crippen molar-refractivity contribution in [1.29, 1.82) is 0 Å². The van der Waals surface area contributed by atoms with E-state index in [1.165, 1.54) is 19.2 Å². The summed E-state index contributed by atoms with van der Waals surface area (Å²) in [6, 6.07) is 5.59. The summed E-state index contributed by atoms with van der Waals surface area (Å²) in [7, 11) is 1.62. The number of hydroxylamine groups is 2. The minimum absolute atomic E-state index is 0.0718. The largest absolute Gasteiger partial charge is 0.528 e. The molecule has 1 aromatic carbocycles. The van der Waals surface area contributed by atoms with Gasteiger partial charge < -0.3 is 29.3 Å². The number of benzene rings is 1. The second-order valence-electron chi connectivity index (χ2n) is 11.4. The fourth-order valence-electron chi connectivity index (χ4n) is 4.77. The maximum Gasteiger partial charge on any atom is 0.528 e. The van der Waals surface area contributed by atoms with Crippen LogP contribution < -0.4 is 14.8 Å². The summed E-state index contributed by atoms with van der Waals surface area (Å²) in [5.41, 5.74) is 3.18.